The molecule has 11 heteroatoms. The van der Waals surface area contributed by atoms with Gasteiger partial charge < -0.3 is 18.9 Å². The van der Waals surface area contributed by atoms with Gasteiger partial charge in [-0.1, -0.05) is 0 Å². The highest BCUT2D eigenvalue weighted by Crippen LogP contribution is 2.30. The number of non-ortho nitro benzene ring substituents is 1. The predicted octanol–water partition coefficient (Wildman–Crippen LogP) is 1.25. The Balaban J connectivity index is 1.56. The molecular formula is C19H23N3O8. The summed E-state index contributed by atoms with van der Waals surface area (Å²) in [5, 5.41) is 10.7. The average Bonchev–Trinajstić information content (AvgIpc) is 3.11. The van der Waals surface area contributed by atoms with Crippen LogP contribution in [0.5, 0.6) is 0 Å². The molecule has 162 valence electrons. The Hall–Kier alpha value is -2.86. The van der Waals surface area contributed by atoms with Crippen LogP contribution in [0.15, 0.2) is 40.1 Å². The number of H-pyrrole nitrogens is 1. The van der Waals surface area contributed by atoms with Crippen LogP contribution >= 0.6 is 0 Å². The van der Waals surface area contributed by atoms with Gasteiger partial charge in [0.2, 0.25) is 0 Å². The molecule has 11 nitrogen and oxygen atoms in total. The molecule has 0 amide bonds. The lowest BCUT2D eigenvalue weighted by molar-refractivity contribution is -0.384. The molecule has 0 saturated carbocycles. The topological polar surface area (TPSA) is 135 Å². The largest absolute Gasteiger partial charge is 0.382 e. The Labute approximate surface area is 171 Å². The fourth-order valence-corrected chi connectivity index (χ4v) is 3.17. The first kappa shape index (κ1) is 21.8. The van der Waals surface area contributed by atoms with E-state index in [0.717, 1.165) is 5.56 Å². The number of nitrogens with one attached hydrogen (secondary N) is 1. The molecule has 2 heterocycles. The van der Waals surface area contributed by atoms with E-state index in [0.29, 0.717) is 12.0 Å². The van der Waals surface area contributed by atoms with E-state index in [9.17, 15) is 19.7 Å². The van der Waals surface area contributed by atoms with Gasteiger partial charge in [-0.15, -0.1) is 0 Å². The minimum Gasteiger partial charge on any atom is -0.382 e. The van der Waals surface area contributed by atoms with Crippen LogP contribution in [-0.2, 0) is 25.6 Å². The summed E-state index contributed by atoms with van der Waals surface area (Å²) in [5.74, 6) is 0. The predicted molar refractivity (Wildman–Crippen MR) is 104 cm³/mol. The number of rotatable bonds is 9. The Morgan fingerprint density at radius 3 is 2.70 bits per heavy atom. The summed E-state index contributed by atoms with van der Waals surface area (Å²) in [4.78, 5) is 36.2. The summed E-state index contributed by atoms with van der Waals surface area (Å²) in [7, 11) is 1.54. The van der Waals surface area contributed by atoms with E-state index >= 15 is 0 Å². The van der Waals surface area contributed by atoms with Crippen molar-refractivity contribution in [2.45, 2.75) is 38.4 Å². The van der Waals surface area contributed by atoms with Gasteiger partial charge in [0, 0.05) is 37.4 Å². The third-order valence-corrected chi connectivity index (χ3v) is 4.75. The second-order valence-electron chi connectivity index (χ2n) is 6.89. The number of methoxy groups -OCH3 is 1. The number of nitro benzene ring substituents is 1. The number of nitro groups is 1. The van der Waals surface area contributed by atoms with Crippen LogP contribution in [0.4, 0.5) is 5.69 Å². The Bertz CT molecular complexity index is 985. The van der Waals surface area contributed by atoms with Gasteiger partial charge in [0.25, 0.3) is 11.2 Å². The Kier molecular flexibility index (Phi) is 7.11. The molecule has 1 fully saturated rings. The van der Waals surface area contributed by atoms with Crippen LogP contribution in [0, 0.1) is 17.0 Å². The number of hydrogen-bond acceptors (Lipinski definition) is 8. The standard InChI is InChI=1S/C19H23N3O8/c1-12-8-21(19(24)20-18(12)23)17-7-15(16(30-17)10-27-2)29-11-28-9-13-3-5-14(6-4-13)22(25)26/h3-6,8,15-17H,7,9-11H2,1-2H3,(H,20,23,24)/t15?,16-,17-/m1/s1. The van der Waals surface area contributed by atoms with Gasteiger partial charge in [-0.25, -0.2) is 4.79 Å². The van der Waals surface area contributed by atoms with Gasteiger partial charge in [0.15, 0.2) is 0 Å². The highest BCUT2D eigenvalue weighted by molar-refractivity contribution is 5.32. The van der Waals surface area contributed by atoms with Crippen LogP contribution in [0.2, 0.25) is 0 Å². The number of aromatic amines is 1. The molecule has 1 aliphatic rings. The van der Waals surface area contributed by atoms with Gasteiger partial charge in [0.1, 0.15) is 19.1 Å². The number of nitrogens with zero attached hydrogens (tertiary/aromatic N) is 2. The second-order valence-corrected chi connectivity index (χ2v) is 6.89. The molecule has 1 saturated heterocycles. The van der Waals surface area contributed by atoms with E-state index in [1.807, 2.05) is 0 Å². The zero-order chi connectivity index (χ0) is 21.7. The molecule has 0 bridgehead atoms. The molecule has 1 aromatic heterocycles. The molecule has 1 N–H and O–H groups in total. The van der Waals surface area contributed by atoms with E-state index in [1.54, 1.807) is 19.1 Å². The number of benzene rings is 1. The minimum atomic E-state index is -0.604. The van der Waals surface area contributed by atoms with Crippen LogP contribution < -0.4 is 11.2 Å². The number of ether oxygens (including phenoxy) is 4. The first-order chi connectivity index (χ1) is 14.4. The summed E-state index contributed by atoms with van der Waals surface area (Å²) in [6, 6.07) is 6.05. The zero-order valence-corrected chi connectivity index (χ0v) is 16.6. The quantitative estimate of drug-likeness (QED) is 0.277. The maximum Gasteiger partial charge on any atom is 0.330 e. The maximum absolute atomic E-state index is 12.1. The van der Waals surface area contributed by atoms with E-state index in [2.05, 4.69) is 4.98 Å². The molecule has 3 rings (SSSR count). The van der Waals surface area contributed by atoms with Crippen LogP contribution in [-0.4, -0.2) is 47.2 Å². The molecule has 2 aromatic rings. The first-order valence-corrected chi connectivity index (χ1v) is 9.28. The van der Waals surface area contributed by atoms with Crippen molar-refractivity contribution in [3.63, 3.8) is 0 Å². The SMILES string of the molecule is COC[C@H]1O[C@@H](n2cc(C)c(=O)[nH]c2=O)CC1OCOCc1ccc([N+](=O)[O-])cc1. The molecule has 0 spiro atoms. The Morgan fingerprint density at radius 2 is 2.03 bits per heavy atom. The van der Waals surface area contributed by atoms with Crippen molar-refractivity contribution in [2.24, 2.45) is 0 Å². The molecule has 30 heavy (non-hydrogen) atoms. The van der Waals surface area contributed by atoms with Gasteiger partial charge in [0.05, 0.1) is 24.2 Å². The second kappa shape index (κ2) is 9.76. The van der Waals surface area contributed by atoms with Crippen LogP contribution in [0.3, 0.4) is 0 Å². The molecular weight excluding hydrogens is 398 g/mol. The van der Waals surface area contributed by atoms with Gasteiger partial charge >= 0.3 is 5.69 Å². The van der Waals surface area contributed by atoms with Crippen LogP contribution in [0.25, 0.3) is 0 Å². The average molecular weight is 421 g/mol. The highest BCUT2D eigenvalue weighted by Gasteiger charge is 2.37. The molecule has 3 atom stereocenters. The summed E-state index contributed by atoms with van der Waals surface area (Å²) < 4.78 is 23.7. The summed E-state index contributed by atoms with van der Waals surface area (Å²) in [6.07, 6.45) is 0.435. The van der Waals surface area contributed by atoms with Crippen molar-refractivity contribution in [1.82, 2.24) is 9.55 Å². The first-order valence-electron chi connectivity index (χ1n) is 9.28. The van der Waals surface area contributed by atoms with Crippen molar-refractivity contribution in [3.05, 3.63) is 72.5 Å². The van der Waals surface area contributed by atoms with E-state index in [-0.39, 0.29) is 31.8 Å². The van der Waals surface area contributed by atoms with Gasteiger partial charge in [-0.3, -0.25) is 24.5 Å². The smallest absolute Gasteiger partial charge is 0.330 e. The summed E-state index contributed by atoms with van der Waals surface area (Å²) >= 11 is 0. The molecule has 1 unspecified atom stereocenters. The van der Waals surface area contributed by atoms with E-state index in [1.165, 1.54) is 30.0 Å². The fourth-order valence-electron chi connectivity index (χ4n) is 3.17. The van der Waals surface area contributed by atoms with Crippen molar-refractivity contribution < 1.29 is 23.9 Å². The van der Waals surface area contributed by atoms with E-state index in [4.69, 9.17) is 18.9 Å². The lowest BCUT2D eigenvalue weighted by Crippen LogP contribution is -2.33. The van der Waals surface area contributed by atoms with Crippen molar-refractivity contribution >= 4 is 5.69 Å². The molecule has 1 aliphatic heterocycles. The molecule has 0 aliphatic carbocycles. The molecule has 0 radical (unpaired) electrons. The molecule has 1 aromatic carbocycles. The van der Waals surface area contributed by atoms with Crippen molar-refractivity contribution in [3.8, 4) is 0 Å². The number of aryl methyl sites for hydroxylation is 1. The summed E-state index contributed by atoms with van der Waals surface area (Å²) in [5.41, 5.74) is 0.196. The number of hydrogen-bond donors (Lipinski definition) is 1. The van der Waals surface area contributed by atoms with Crippen LogP contribution in [0.1, 0.15) is 23.8 Å². The monoisotopic (exact) mass is 421 g/mol. The third kappa shape index (κ3) is 5.19. The van der Waals surface area contributed by atoms with Gasteiger partial charge in [-0.05, 0) is 24.6 Å². The number of aromatic nitrogens is 2. The summed E-state index contributed by atoms with van der Waals surface area (Å²) in [6.45, 7) is 2.07. The van der Waals surface area contributed by atoms with Crippen molar-refractivity contribution in [1.29, 1.82) is 0 Å². The lowest BCUT2D eigenvalue weighted by atomic mass is 10.2. The lowest BCUT2D eigenvalue weighted by Gasteiger charge is -2.18. The normalized spacial score (nSPS) is 21.1. The van der Waals surface area contributed by atoms with Gasteiger partial charge in [-0.2, -0.15) is 0 Å². The maximum atomic E-state index is 12.1. The third-order valence-electron chi connectivity index (χ3n) is 4.75. The van der Waals surface area contributed by atoms with E-state index < -0.39 is 28.5 Å². The van der Waals surface area contributed by atoms with Crippen molar-refractivity contribution in [2.75, 3.05) is 20.5 Å². The minimum absolute atomic E-state index is 0.0132. The fraction of sp³-hybridized carbons (Fsp3) is 0.474. The highest BCUT2D eigenvalue weighted by atomic mass is 16.7. The Morgan fingerprint density at radius 1 is 1.30 bits per heavy atom. The zero-order valence-electron chi connectivity index (χ0n) is 16.6.